The van der Waals surface area contributed by atoms with Gasteiger partial charge in [0.15, 0.2) is 5.82 Å². The van der Waals surface area contributed by atoms with Crippen molar-refractivity contribution in [2.45, 2.75) is 19.1 Å². The molecule has 2 N–H and O–H groups in total. The zero-order valence-corrected chi connectivity index (χ0v) is 12.8. The molecular formula is C12H17N3O5S. The third-order valence-electron chi connectivity index (χ3n) is 2.37. The Labute approximate surface area is 126 Å². The molecule has 116 valence electrons. The van der Waals surface area contributed by atoms with Gasteiger partial charge in [0.25, 0.3) is 0 Å². The van der Waals surface area contributed by atoms with E-state index in [1.54, 1.807) is 19.9 Å². The van der Waals surface area contributed by atoms with Gasteiger partial charge in [-0.05, 0) is 13.8 Å². The number of nitrogens with one attached hydrogen (secondary N) is 2. The monoisotopic (exact) mass is 315 g/mol. The van der Waals surface area contributed by atoms with Gasteiger partial charge < -0.3 is 19.9 Å². The highest BCUT2D eigenvalue weighted by Gasteiger charge is 2.17. The van der Waals surface area contributed by atoms with Crippen molar-refractivity contribution in [3.05, 3.63) is 11.8 Å². The lowest BCUT2D eigenvalue weighted by Crippen LogP contribution is -2.32. The summed E-state index contributed by atoms with van der Waals surface area (Å²) in [6.45, 7) is 3.20. The molecule has 8 nitrogen and oxygen atoms in total. The zero-order valence-electron chi connectivity index (χ0n) is 12.0. The Balaban J connectivity index is 2.29. The third-order valence-corrected chi connectivity index (χ3v) is 3.51. The lowest BCUT2D eigenvalue weighted by molar-refractivity contribution is -0.140. The predicted octanol–water partition coefficient (Wildman–Crippen LogP) is 0.332. The molecule has 1 unspecified atom stereocenters. The number of ether oxygens (including phenoxy) is 1. The van der Waals surface area contributed by atoms with E-state index in [0.717, 1.165) is 11.8 Å². The zero-order chi connectivity index (χ0) is 15.8. The third kappa shape index (κ3) is 6.30. The molecule has 1 rings (SSSR count). The molecule has 0 aliphatic rings. The van der Waals surface area contributed by atoms with Crippen molar-refractivity contribution >= 4 is 35.4 Å². The van der Waals surface area contributed by atoms with E-state index in [9.17, 15) is 14.4 Å². The van der Waals surface area contributed by atoms with Gasteiger partial charge in [0.2, 0.25) is 11.8 Å². The van der Waals surface area contributed by atoms with Crippen molar-refractivity contribution in [3.8, 4) is 0 Å². The van der Waals surface area contributed by atoms with Crippen LogP contribution in [0.2, 0.25) is 0 Å². The molecule has 1 atom stereocenters. The van der Waals surface area contributed by atoms with Crippen LogP contribution in [0.4, 0.5) is 5.82 Å². The van der Waals surface area contributed by atoms with Gasteiger partial charge in [0.1, 0.15) is 12.3 Å². The van der Waals surface area contributed by atoms with Crippen LogP contribution >= 0.6 is 11.8 Å². The van der Waals surface area contributed by atoms with Crippen LogP contribution in [0.25, 0.3) is 0 Å². The predicted molar refractivity (Wildman–Crippen MR) is 76.8 cm³/mol. The lowest BCUT2D eigenvalue weighted by atomic mass is 10.4. The SMILES string of the molecule is COC(=O)CNC(=O)CSC(C)C(=O)Nc1cc(C)on1. The number of hydrogen-bond donors (Lipinski definition) is 2. The maximum Gasteiger partial charge on any atom is 0.325 e. The highest BCUT2D eigenvalue weighted by Crippen LogP contribution is 2.13. The number of carbonyl (C=O) groups excluding carboxylic acids is 3. The van der Waals surface area contributed by atoms with Crippen molar-refractivity contribution in [2.24, 2.45) is 0 Å². The number of esters is 1. The molecule has 0 bridgehead atoms. The first-order valence-electron chi connectivity index (χ1n) is 6.11. The van der Waals surface area contributed by atoms with Crippen molar-refractivity contribution in [3.63, 3.8) is 0 Å². The molecule has 0 aromatic carbocycles. The number of methoxy groups -OCH3 is 1. The number of hydrogen-bond acceptors (Lipinski definition) is 7. The van der Waals surface area contributed by atoms with Gasteiger partial charge in [-0.15, -0.1) is 11.8 Å². The Bertz CT molecular complexity index is 517. The maximum absolute atomic E-state index is 11.8. The standard InChI is InChI=1S/C12H17N3O5S/c1-7-4-9(15-20-7)14-12(18)8(2)21-6-10(16)13-5-11(17)19-3/h4,8H,5-6H2,1-3H3,(H,13,16)(H,14,15,18). The average molecular weight is 315 g/mol. The number of rotatable bonds is 7. The van der Waals surface area contributed by atoms with Gasteiger partial charge >= 0.3 is 5.97 Å². The molecule has 2 amide bonds. The van der Waals surface area contributed by atoms with Gasteiger partial charge in [-0.25, -0.2) is 0 Å². The summed E-state index contributed by atoms with van der Waals surface area (Å²) >= 11 is 1.14. The van der Waals surface area contributed by atoms with Crippen LogP contribution in [-0.4, -0.2) is 47.6 Å². The first-order chi connectivity index (χ1) is 9.92. The van der Waals surface area contributed by atoms with E-state index in [4.69, 9.17) is 4.52 Å². The van der Waals surface area contributed by atoms with E-state index in [2.05, 4.69) is 20.5 Å². The normalized spacial score (nSPS) is 11.6. The minimum absolute atomic E-state index is 0.0590. The second-order valence-electron chi connectivity index (χ2n) is 4.12. The fraction of sp³-hybridized carbons (Fsp3) is 0.500. The van der Waals surface area contributed by atoms with Crippen molar-refractivity contribution in [2.75, 3.05) is 24.7 Å². The summed E-state index contributed by atoms with van der Waals surface area (Å²) in [4.78, 5) is 34.1. The van der Waals surface area contributed by atoms with Crippen LogP contribution in [-0.2, 0) is 19.1 Å². The van der Waals surface area contributed by atoms with Crippen LogP contribution in [0.3, 0.4) is 0 Å². The summed E-state index contributed by atoms with van der Waals surface area (Å²) in [5.41, 5.74) is 0. The van der Waals surface area contributed by atoms with Gasteiger partial charge in [-0.1, -0.05) is 5.16 Å². The molecule has 21 heavy (non-hydrogen) atoms. The summed E-state index contributed by atoms with van der Waals surface area (Å²) in [5.74, 6) is -0.173. The number of nitrogens with zero attached hydrogens (tertiary/aromatic N) is 1. The van der Waals surface area contributed by atoms with Gasteiger partial charge in [0.05, 0.1) is 18.1 Å². The van der Waals surface area contributed by atoms with E-state index >= 15 is 0 Å². The Morgan fingerprint density at radius 3 is 2.76 bits per heavy atom. The van der Waals surface area contributed by atoms with Crippen LogP contribution in [0, 0.1) is 6.92 Å². The van der Waals surface area contributed by atoms with E-state index in [-0.39, 0.29) is 24.1 Å². The number of carbonyl (C=O) groups is 3. The molecule has 1 aromatic rings. The van der Waals surface area contributed by atoms with E-state index in [1.807, 2.05) is 0 Å². The number of amides is 2. The van der Waals surface area contributed by atoms with Crippen LogP contribution in [0.5, 0.6) is 0 Å². The number of anilines is 1. The number of aromatic nitrogens is 1. The quantitative estimate of drug-likeness (QED) is 0.698. The summed E-state index contributed by atoms with van der Waals surface area (Å²) in [5, 5.41) is 8.15. The van der Waals surface area contributed by atoms with E-state index < -0.39 is 11.2 Å². The first kappa shape index (κ1) is 17.0. The van der Waals surface area contributed by atoms with Crippen molar-refractivity contribution < 1.29 is 23.6 Å². The highest BCUT2D eigenvalue weighted by molar-refractivity contribution is 8.01. The van der Waals surface area contributed by atoms with Crippen molar-refractivity contribution in [1.29, 1.82) is 0 Å². The van der Waals surface area contributed by atoms with Crippen LogP contribution < -0.4 is 10.6 Å². The molecule has 0 fully saturated rings. The molecule has 0 saturated carbocycles. The fourth-order valence-electron chi connectivity index (χ4n) is 1.22. The molecule has 0 aliphatic carbocycles. The number of aryl methyl sites for hydroxylation is 1. The first-order valence-corrected chi connectivity index (χ1v) is 7.16. The minimum atomic E-state index is -0.527. The highest BCUT2D eigenvalue weighted by atomic mass is 32.2. The molecule has 0 radical (unpaired) electrons. The lowest BCUT2D eigenvalue weighted by Gasteiger charge is -2.10. The van der Waals surface area contributed by atoms with Crippen molar-refractivity contribution in [1.82, 2.24) is 10.5 Å². The summed E-state index contributed by atoms with van der Waals surface area (Å²) < 4.78 is 9.22. The maximum atomic E-state index is 11.8. The van der Waals surface area contributed by atoms with Crippen LogP contribution in [0.15, 0.2) is 10.6 Å². The smallest absolute Gasteiger partial charge is 0.325 e. The van der Waals surface area contributed by atoms with Gasteiger partial charge in [0, 0.05) is 6.07 Å². The van der Waals surface area contributed by atoms with E-state index in [1.165, 1.54) is 7.11 Å². The largest absolute Gasteiger partial charge is 0.468 e. The Kier molecular flexibility index (Phi) is 6.73. The van der Waals surface area contributed by atoms with Crippen LogP contribution in [0.1, 0.15) is 12.7 Å². The van der Waals surface area contributed by atoms with Gasteiger partial charge in [-0.3, -0.25) is 14.4 Å². The second-order valence-corrected chi connectivity index (χ2v) is 5.45. The Hall–Kier alpha value is -2.03. The Morgan fingerprint density at radius 2 is 2.19 bits per heavy atom. The summed E-state index contributed by atoms with van der Waals surface area (Å²) in [6.07, 6.45) is 0. The number of thioether (sulfide) groups is 1. The van der Waals surface area contributed by atoms with E-state index in [0.29, 0.717) is 11.6 Å². The Morgan fingerprint density at radius 1 is 1.48 bits per heavy atom. The topological polar surface area (TPSA) is 111 Å². The molecule has 0 spiro atoms. The van der Waals surface area contributed by atoms with Gasteiger partial charge in [-0.2, -0.15) is 0 Å². The molecule has 9 heteroatoms. The average Bonchev–Trinajstić information content (AvgIpc) is 2.86. The molecule has 0 saturated heterocycles. The molecular weight excluding hydrogens is 298 g/mol. The fourth-order valence-corrected chi connectivity index (χ4v) is 1.94. The molecule has 0 aliphatic heterocycles. The molecule has 1 aromatic heterocycles. The molecule has 1 heterocycles. The summed E-state index contributed by atoms with van der Waals surface area (Å²) in [7, 11) is 1.24. The summed E-state index contributed by atoms with van der Waals surface area (Å²) in [6, 6.07) is 1.60. The minimum Gasteiger partial charge on any atom is -0.468 e. The second kappa shape index (κ2) is 8.30.